The van der Waals surface area contributed by atoms with E-state index in [1.165, 1.54) is 0 Å². The van der Waals surface area contributed by atoms with Crippen LogP contribution in [-0.2, 0) is 11.3 Å². The van der Waals surface area contributed by atoms with Crippen LogP contribution in [-0.4, -0.2) is 12.5 Å². The zero-order chi connectivity index (χ0) is 15.9. The zero-order valence-corrected chi connectivity index (χ0v) is 13.8. The fourth-order valence-electron chi connectivity index (χ4n) is 2.07. The fourth-order valence-corrected chi connectivity index (χ4v) is 2.64. The first-order valence-corrected chi connectivity index (χ1v) is 7.81. The van der Waals surface area contributed by atoms with Gasteiger partial charge in [0.1, 0.15) is 0 Å². The van der Waals surface area contributed by atoms with Gasteiger partial charge in [-0.15, -0.1) is 0 Å². The van der Waals surface area contributed by atoms with Crippen LogP contribution in [0, 0.1) is 0 Å². The van der Waals surface area contributed by atoms with E-state index in [2.05, 4.69) is 10.6 Å². The zero-order valence-electron chi connectivity index (χ0n) is 12.3. The molecule has 3 nitrogen and oxygen atoms in total. The van der Waals surface area contributed by atoms with E-state index >= 15 is 0 Å². The van der Waals surface area contributed by atoms with Crippen LogP contribution in [0.15, 0.2) is 48.5 Å². The van der Waals surface area contributed by atoms with Gasteiger partial charge in [-0.25, -0.2) is 0 Å². The third-order valence-corrected chi connectivity index (χ3v) is 3.89. The molecule has 2 aromatic carbocycles. The molecular weight excluding hydrogens is 319 g/mol. The van der Waals surface area contributed by atoms with E-state index < -0.39 is 0 Å². The highest BCUT2D eigenvalue weighted by Gasteiger charge is 2.11. The Kier molecular flexibility index (Phi) is 6.25. The predicted octanol–water partition coefficient (Wildman–Crippen LogP) is 3.96. The molecule has 0 aliphatic rings. The lowest BCUT2D eigenvalue weighted by atomic mass is 10.1. The minimum atomic E-state index is -0.0548. The Bertz CT molecular complexity index is 632. The smallest absolute Gasteiger partial charge is 0.234 e. The van der Waals surface area contributed by atoms with Crippen LogP contribution in [0.3, 0.4) is 0 Å². The van der Waals surface area contributed by atoms with Crippen molar-refractivity contribution in [3.8, 4) is 0 Å². The van der Waals surface area contributed by atoms with Crippen molar-refractivity contribution in [2.45, 2.75) is 19.5 Å². The van der Waals surface area contributed by atoms with Crippen molar-refractivity contribution < 1.29 is 4.79 Å². The first kappa shape index (κ1) is 16.8. The summed E-state index contributed by atoms with van der Waals surface area (Å²) in [6.07, 6.45) is 0. The van der Waals surface area contributed by atoms with Crippen molar-refractivity contribution in [3.63, 3.8) is 0 Å². The number of nitrogens with one attached hydrogen (secondary N) is 2. The predicted molar refractivity (Wildman–Crippen MR) is 91.2 cm³/mol. The van der Waals surface area contributed by atoms with Gasteiger partial charge in [-0.05, 0) is 30.2 Å². The second kappa shape index (κ2) is 8.18. The molecule has 0 bridgehead atoms. The van der Waals surface area contributed by atoms with E-state index in [9.17, 15) is 4.79 Å². The SMILES string of the molecule is C[C@H](NCC(=O)NCc1ccccc1)c1ccc(Cl)cc1Cl. The maximum atomic E-state index is 11.9. The summed E-state index contributed by atoms with van der Waals surface area (Å²) in [5.74, 6) is -0.0548. The van der Waals surface area contributed by atoms with Crippen molar-refractivity contribution in [1.29, 1.82) is 0 Å². The molecule has 0 heterocycles. The summed E-state index contributed by atoms with van der Waals surface area (Å²) in [6.45, 7) is 2.71. The highest BCUT2D eigenvalue weighted by atomic mass is 35.5. The summed E-state index contributed by atoms with van der Waals surface area (Å²) in [6, 6.07) is 15.1. The van der Waals surface area contributed by atoms with E-state index in [0.29, 0.717) is 16.6 Å². The second-order valence-corrected chi connectivity index (χ2v) is 5.87. The highest BCUT2D eigenvalue weighted by Crippen LogP contribution is 2.25. The number of amides is 1. The number of carbonyl (C=O) groups excluding carboxylic acids is 1. The van der Waals surface area contributed by atoms with E-state index in [-0.39, 0.29) is 18.5 Å². The molecule has 0 aliphatic carbocycles. The summed E-state index contributed by atoms with van der Waals surface area (Å²) < 4.78 is 0. The molecule has 0 aliphatic heterocycles. The number of carbonyl (C=O) groups is 1. The van der Waals surface area contributed by atoms with Crippen LogP contribution in [0.5, 0.6) is 0 Å². The molecule has 0 aromatic heterocycles. The molecule has 1 amide bonds. The van der Waals surface area contributed by atoms with Crippen LogP contribution in [0.1, 0.15) is 24.1 Å². The van der Waals surface area contributed by atoms with Gasteiger partial charge < -0.3 is 10.6 Å². The minimum Gasteiger partial charge on any atom is -0.351 e. The maximum Gasteiger partial charge on any atom is 0.234 e. The third kappa shape index (κ3) is 5.02. The topological polar surface area (TPSA) is 41.1 Å². The van der Waals surface area contributed by atoms with E-state index in [0.717, 1.165) is 11.1 Å². The normalized spacial score (nSPS) is 12.0. The number of benzene rings is 2. The Labute approximate surface area is 140 Å². The van der Waals surface area contributed by atoms with Crippen molar-refractivity contribution in [3.05, 3.63) is 69.7 Å². The van der Waals surface area contributed by atoms with Crippen molar-refractivity contribution >= 4 is 29.1 Å². The number of hydrogen-bond donors (Lipinski definition) is 2. The third-order valence-electron chi connectivity index (χ3n) is 3.33. The monoisotopic (exact) mass is 336 g/mol. The van der Waals surface area contributed by atoms with Gasteiger partial charge in [0.2, 0.25) is 5.91 Å². The van der Waals surface area contributed by atoms with Crippen LogP contribution in [0.2, 0.25) is 10.0 Å². The average Bonchev–Trinajstić information content (AvgIpc) is 2.51. The van der Waals surface area contributed by atoms with E-state index in [4.69, 9.17) is 23.2 Å². The Morgan fingerprint density at radius 3 is 2.55 bits per heavy atom. The van der Waals surface area contributed by atoms with Gasteiger partial charge in [-0.1, -0.05) is 59.6 Å². The molecule has 2 N–H and O–H groups in total. The molecule has 5 heteroatoms. The molecule has 1 atom stereocenters. The Morgan fingerprint density at radius 2 is 1.86 bits per heavy atom. The molecule has 0 radical (unpaired) electrons. The molecule has 0 fully saturated rings. The van der Waals surface area contributed by atoms with Crippen LogP contribution in [0.4, 0.5) is 0 Å². The number of rotatable bonds is 6. The van der Waals surface area contributed by atoms with Crippen molar-refractivity contribution in [2.24, 2.45) is 0 Å². The number of halogens is 2. The van der Waals surface area contributed by atoms with Gasteiger partial charge in [-0.3, -0.25) is 4.79 Å². The van der Waals surface area contributed by atoms with Crippen molar-refractivity contribution in [2.75, 3.05) is 6.54 Å². The highest BCUT2D eigenvalue weighted by molar-refractivity contribution is 6.35. The lowest BCUT2D eigenvalue weighted by Crippen LogP contribution is -2.34. The van der Waals surface area contributed by atoms with Crippen LogP contribution >= 0.6 is 23.2 Å². The van der Waals surface area contributed by atoms with Gasteiger partial charge in [0.25, 0.3) is 0 Å². The standard InChI is InChI=1S/C17H18Cl2N2O/c1-12(15-8-7-14(18)9-16(15)19)20-11-17(22)21-10-13-5-3-2-4-6-13/h2-9,12,20H,10-11H2,1H3,(H,21,22)/t12-/m0/s1. The van der Waals surface area contributed by atoms with Crippen LogP contribution in [0.25, 0.3) is 0 Å². The van der Waals surface area contributed by atoms with Gasteiger partial charge in [0.15, 0.2) is 0 Å². The minimum absolute atomic E-state index is 0.0350. The molecule has 22 heavy (non-hydrogen) atoms. The summed E-state index contributed by atoms with van der Waals surface area (Å²) >= 11 is 12.0. The molecular formula is C17H18Cl2N2O. The lowest BCUT2D eigenvalue weighted by molar-refractivity contribution is -0.120. The Hall–Kier alpha value is -1.55. The fraction of sp³-hybridized carbons (Fsp3) is 0.235. The van der Waals surface area contributed by atoms with E-state index in [1.54, 1.807) is 12.1 Å². The molecule has 2 aromatic rings. The average molecular weight is 337 g/mol. The summed E-state index contributed by atoms with van der Waals surface area (Å²) in [7, 11) is 0. The van der Waals surface area contributed by atoms with Gasteiger partial charge >= 0.3 is 0 Å². The summed E-state index contributed by atoms with van der Waals surface area (Å²) in [5.41, 5.74) is 1.99. The summed E-state index contributed by atoms with van der Waals surface area (Å²) in [4.78, 5) is 11.9. The van der Waals surface area contributed by atoms with Gasteiger partial charge in [0, 0.05) is 22.6 Å². The molecule has 0 saturated carbocycles. The van der Waals surface area contributed by atoms with Gasteiger partial charge in [-0.2, -0.15) is 0 Å². The molecule has 116 valence electrons. The lowest BCUT2D eigenvalue weighted by Gasteiger charge is -2.16. The maximum absolute atomic E-state index is 11.9. The first-order chi connectivity index (χ1) is 10.6. The molecule has 0 saturated heterocycles. The quantitative estimate of drug-likeness (QED) is 0.838. The largest absolute Gasteiger partial charge is 0.351 e. The second-order valence-electron chi connectivity index (χ2n) is 5.03. The molecule has 2 rings (SSSR count). The van der Waals surface area contributed by atoms with Gasteiger partial charge in [0.05, 0.1) is 6.54 Å². The Balaban J connectivity index is 1.80. The van der Waals surface area contributed by atoms with Crippen LogP contribution < -0.4 is 10.6 Å². The Morgan fingerprint density at radius 1 is 1.14 bits per heavy atom. The van der Waals surface area contributed by atoms with E-state index in [1.807, 2.05) is 43.3 Å². The number of hydrogen-bond acceptors (Lipinski definition) is 2. The molecule has 0 unspecified atom stereocenters. The first-order valence-electron chi connectivity index (χ1n) is 7.05. The molecule has 0 spiro atoms. The van der Waals surface area contributed by atoms with Crippen molar-refractivity contribution in [1.82, 2.24) is 10.6 Å². The summed E-state index contributed by atoms with van der Waals surface area (Å²) in [5, 5.41) is 7.22.